The Labute approximate surface area is 338 Å². The molecule has 12 rings (SSSR count). The van der Waals surface area contributed by atoms with Gasteiger partial charge < -0.3 is 9.47 Å². The lowest BCUT2D eigenvalue weighted by Gasteiger charge is -2.41. The normalized spacial score (nSPS) is 15.6. The fourth-order valence-electron chi connectivity index (χ4n) is 9.78. The summed E-state index contributed by atoms with van der Waals surface area (Å²) in [5.41, 5.74) is 13.7. The summed E-state index contributed by atoms with van der Waals surface area (Å²) in [5.74, 6) is 2.45. The van der Waals surface area contributed by atoms with E-state index in [1.807, 2.05) is 103 Å². The van der Waals surface area contributed by atoms with Gasteiger partial charge in [-0.25, -0.2) is 4.85 Å². The first-order valence-corrected chi connectivity index (χ1v) is 19.1. The van der Waals surface area contributed by atoms with Gasteiger partial charge in [-0.15, -0.1) is 0 Å². The second kappa shape index (κ2) is 12.0. The van der Waals surface area contributed by atoms with Gasteiger partial charge in [0.1, 0.15) is 11.5 Å². The lowest BCUT2D eigenvalue weighted by molar-refractivity contribution is 0.436. The summed E-state index contributed by atoms with van der Waals surface area (Å²) in [6.45, 7) is 7.70. The summed E-state index contributed by atoms with van der Waals surface area (Å²) >= 11 is 0. The van der Waals surface area contributed by atoms with E-state index in [2.05, 4.69) is 64.3 Å². The average Bonchev–Trinajstić information content (AvgIpc) is 3.77. The van der Waals surface area contributed by atoms with Gasteiger partial charge in [0.05, 0.1) is 63.7 Å². The minimum Gasteiger partial charge on any atom is -0.454 e. The Kier molecular flexibility index (Phi) is 6.65. The fourth-order valence-corrected chi connectivity index (χ4v) is 9.78. The molecule has 4 aliphatic rings. The van der Waals surface area contributed by atoms with Crippen molar-refractivity contribution in [3.05, 3.63) is 213 Å². The summed E-state index contributed by atoms with van der Waals surface area (Å²) in [6.07, 6.45) is 3.78. The first-order valence-electron chi connectivity index (χ1n) is 19.1. The molecule has 2 aromatic heterocycles. The van der Waals surface area contributed by atoms with E-state index in [0.29, 0.717) is 34.1 Å². The molecule has 8 nitrogen and oxygen atoms in total. The number of aromatic nitrogens is 2. The number of rotatable bonds is 2. The molecule has 1 spiro atoms. The molecule has 0 fully saturated rings. The van der Waals surface area contributed by atoms with Crippen LogP contribution in [0.2, 0.25) is 0 Å². The maximum atomic E-state index is 9.87. The van der Waals surface area contributed by atoms with Crippen molar-refractivity contribution in [2.24, 2.45) is 0 Å². The van der Waals surface area contributed by atoms with E-state index in [1.165, 1.54) is 0 Å². The second-order valence-electron chi connectivity index (χ2n) is 15.0. The topological polar surface area (TPSA) is 99.4 Å². The first kappa shape index (κ1) is 32.7. The molecule has 8 heteroatoms. The van der Waals surface area contributed by atoms with E-state index in [4.69, 9.17) is 26.0 Å². The van der Waals surface area contributed by atoms with Crippen molar-refractivity contribution < 1.29 is 9.47 Å². The van der Waals surface area contributed by atoms with Crippen LogP contribution in [0.4, 0.5) is 22.7 Å². The molecule has 2 aliphatic heterocycles. The summed E-state index contributed by atoms with van der Waals surface area (Å²) < 4.78 is 13.5. The minimum atomic E-state index is -0.885. The van der Waals surface area contributed by atoms with E-state index >= 15 is 0 Å². The van der Waals surface area contributed by atoms with Crippen LogP contribution in [-0.4, -0.2) is 9.97 Å². The van der Waals surface area contributed by atoms with Gasteiger partial charge in [-0.1, -0.05) is 66.7 Å². The van der Waals surface area contributed by atoms with Gasteiger partial charge in [0.25, 0.3) is 0 Å². The summed E-state index contributed by atoms with van der Waals surface area (Å²) in [4.78, 5) is 16.1. The van der Waals surface area contributed by atoms with Gasteiger partial charge in [-0.2, -0.15) is 10.5 Å². The van der Waals surface area contributed by atoms with Crippen LogP contribution in [-0.2, 0) is 5.41 Å². The summed E-state index contributed by atoms with van der Waals surface area (Å²) in [5, 5.41) is 19.7. The third-order valence-electron chi connectivity index (χ3n) is 12.1. The van der Waals surface area contributed by atoms with Crippen LogP contribution in [0.3, 0.4) is 0 Å². The van der Waals surface area contributed by atoms with Crippen LogP contribution in [0.15, 0.2) is 152 Å². The number of hydrogen-bond acceptors (Lipinski definition) is 7. The van der Waals surface area contributed by atoms with E-state index in [0.717, 1.165) is 84.3 Å². The Bertz CT molecular complexity index is 3250. The summed E-state index contributed by atoms with van der Waals surface area (Å²) in [6, 6.07) is 50.6. The Morgan fingerprint density at radius 3 is 2.05 bits per heavy atom. The molecule has 1 unspecified atom stereocenters. The highest BCUT2D eigenvalue weighted by Gasteiger charge is 2.53. The number of fused-ring (bicyclic) bond motifs is 14. The number of nitrogens with zero attached hydrogens (tertiary/aromatic N) is 6. The van der Waals surface area contributed by atoms with E-state index < -0.39 is 5.41 Å². The van der Waals surface area contributed by atoms with Crippen molar-refractivity contribution in [1.82, 2.24) is 9.97 Å². The van der Waals surface area contributed by atoms with Crippen LogP contribution < -0.4 is 14.4 Å². The second-order valence-corrected chi connectivity index (χ2v) is 15.0. The Morgan fingerprint density at radius 2 is 1.27 bits per heavy atom. The van der Waals surface area contributed by atoms with Crippen molar-refractivity contribution in [2.75, 3.05) is 4.90 Å². The van der Waals surface area contributed by atoms with E-state index in [1.54, 1.807) is 6.07 Å². The molecule has 0 saturated heterocycles. The molecule has 2 aliphatic carbocycles. The Balaban J connectivity index is 1.14. The predicted octanol–water partition coefficient (Wildman–Crippen LogP) is 12.0. The zero-order chi connectivity index (χ0) is 39.4. The van der Waals surface area contributed by atoms with E-state index in [9.17, 15) is 10.5 Å². The minimum absolute atomic E-state index is 0.199. The molecule has 0 saturated carbocycles. The van der Waals surface area contributed by atoms with Crippen LogP contribution in [0.25, 0.3) is 27.4 Å². The van der Waals surface area contributed by atoms with Gasteiger partial charge in [-0.3, -0.25) is 14.9 Å². The molecular formula is C51H26N6O2. The molecule has 59 heavy (non-hydrogen) atoms. The zero-order valence-electron chi connectivity index (χ0n) is 31.0. The van der Waals surface area contributed by atoms with Crippen molar-refractivity contribution in [3.8, 4) is 57.7 Å². The third-order valence-corrected chi connectivity index (χ3v) is 12.1. The average molecular weight is 755 g/mol. The van der Waals surface area contributed by atoms with Crippen molar-refractivity contribution in [2.45, 2.75) is 11.3 Å². The highest BCUT2D eigenvalue weighted by molar-refractivity contribution is 5.93. The largest absolute Gasteiger partial charge is 0.454 e. The molecule has 4 heterocycles. The zero-order valence-corrected chi connectivity index (χ0v) is 31.0. The number of nitriles is 2. The monoisotopic (exact) mass is 754 g/mol. The van der Waals surface area contributed by atoms with Crippen LogP contribution >= 0.6 is 0 Å². The molecular weight excluding hydrogens is 729 g/mol. The fraction of sp³-hybridized carbons (Fsp3) is 0.0392. The molecule has 0 amide bonds. The highest BCUT2D eigenvalue weighted by atomic mass is 16.5. The SMILES string of the molecule is [C-]#[N+]c1ccc2c(c1)Oc1ccccc1N2c1cccc2c1Oc1ccccc1C21c2cccnc2-c2ncc(C3c4ccc(C#N)cc4-c4cc(C#N)ccc43)cc21. The molecule has 0 N–H and O–H groups in total. The number of pyridine rings is 2. The Hall–Kier alpha value is -8.51. The van der Waals surface area contributed by atoms with Crippen molar-refractivity contribution >= 4 is 22.7 Å². The van der Waals surface area contributed by atoms with E-state index in [-0.39, 0.29) is 5.92 Å². The standard InChI is InChI=1S/C51H26N6O2/c1-54-32-17-20-42-46(25-32)58-45-14-5-3-11-41(45)57(42)43-12-6-9-39-50(43)59-44-13-4-2-8-37(44)51(39)38-10-7-21-55-48(38)49-40(51)24-31(28-56-49)47-33-18-15-29(26-52)22-35(33)36-23-30(27-53)16-19-34(36)47/h2-25,28,47H. The molecule has 6 aromatic carbocycles. The van der Waals surface area contributed by atoms with Gasteiger partial charge in [0, 0.05) is 35.0 Å². The molecule has 1 atom stereocenters. The molecule has 8 aromatic rings. The number of anilines is 3. The maximum absolute atomic E-state index is 9.87. The van der Waals surface area contributed by atoms with Crippen molar-refractivity contribution in [1.29, 1.82) is 10.5 Å². The number of hydrogen-bond donors (Lipinski definition) is 0. The maximum Gasteiger partial charge on any atom is 0.191 e. The molecule has 0 radical (unpaired) electrons. The molecule has 0 bridgehead atoms. The van der Waals surface area contributed by atoms with Crippen molar-refractivity contribution in [3.63, 3.8) is 0 Å². The lowest BCUT2D eigenvalue weighted by Crippen LogP contribution is -2.33. The lowest BCUT2D eigenvalue weighted by atomic mass is 9.66. The predicted molar refractivity (Wildman–Crippen MR) is 223 cm³/mol. The van der Waals surface area contributed by atoms with Gasteiger partial charge in [0.15, 0.2) is 17.2 Å². The first-order chi connectivity index (χ1) is 29.1. The van der Waals surface area contributed by atoms with Gasteiger partial charge in [-0.05, 0) is 106 Å². The van der Waals surface area contributed by atoms with Crippen LogP contribution in [0.1, 0.15) is 56.0 Å². The van der Waals surface area contributed by atoms with Gasteiger partial charge in [0.2, 0.25) is 0 Å². The third kappa shape index (κ3) is 4.33. The van der Waals surface area contributed by atoms with Gasteiger partial charge >= 0.3 is 0 Å². The quantitative estimate of drug-likeness (QED) is 0.162. The Morgan fingerprint density at radius 1 is 0.593 bits per heavy atom. The van der Waals surface area contributed by atoms with Crippen LogP contribution in [0.5, 0.6) is 23.0 Å². The highest BCUT2D eigenvalue weighted by Crippen LogP contribution is 2.65. The van der Waals surface area contributed by atoms with Crippen LogP contribution in [0, 0.1) is 29.2 Å². The molecule has 272 valence electrons. The number of para-hydroxylation sites is 4. The number of benzene rings is 6. The smallest absolute Gasteiger partial charge is 0.191 e. The number of ether oxygens (including phenoxy) is 2. The summed E-state index contributed by atoms with van der Waals surface area (Å²) in [7, 11) is 0.